The van der Waals surface area contributed by atoms with E-state index in [1.807, 2.05) is 29.2 Å². The first-order chi connectivity index (χ1) is 12.2. The Balaban J connectivity index is 1.59. The number of nitrogens with zero attached hydrogens (tertiary/aromatic N) is 4. The maximum absolute atomic E-state index is 12.7. The molecule has 1 aromatic carbocycles. The van der Waals surface area contributed by atoms with Gasteiger partial charge in [0.2, 0.25) is 5.91 Å². The fourth-order valence-electron chi connectivity index (χ4n) is 3.49. The summed E-state index contributed by atoms with van der Waals surface area (Å²) in [6, 6.07) is 7.74. The van der Waals surface area contributed by atoms with Crippen LogP contribution in [0.25, 0.3) is 0 Å². The summed E-state index contributed by atoms with van der Waals surface area (Å²) in [6.07, 6.45) is 5.28. The average molecular weight is 342 g/mol. The number of aromatic nitrogens is 3. The van der Waals surface area contributed by atoms with Crippen LogP contribution in [0.1, 0.15) is 31.2 Å². The molecule has 0 aliphatic carbocycles. The van der Waals surface area contributed by atoms with Crippen molar-refractivity contribution in [3.63, 3.8) is 0 Å². The number of carbonyl (C=O) groups is 1. The predicted octanol–water partition coefficient (Wildman–Crippen LogP) is 2.33. The Kier molecular flexibility index (Phi) is 5.68. The van der Waals surface area contributed by atoms with E-state index in [9.17, 15) is 4.79 Å². The molecule has 1 saturated heterocycles. The normalized spacial score (nSPS) is 17.5. The Labute approximate surface area is 148 Å². The van der Waals surface area contributed by atoms with Crippen molar-refractivity contribution in [2.24, 2.45) is 5.92 Å². The third-order valence-corrected chi connectivity index (χ3v) is 4.87. The Morgan fingerprint density at radius 2 is 2.28 bits per heavy atom. The summed E-state index contributed by atoms with van der Waals surface area (Å²) in [7, 11) is 1.64. The molecule has 6 nitrogen and oxygen atoms in total. The number of carbonyl (C=O) groups excluding carboxylic acids is 1. The summed E-state index contributed by atoms with van der Waals surface area (Å²) in [5.74, 6) is 2.46. The second-order valence-corrected chi connectivity index (χ2v) is 6.61. The summed E-state index contributed by atoms with van der Waals surface area (Å²) in [5, 5.41) is 8.24. The first kappa shape index (κ1) is 17.5. The van der Waals surface area contributed by atoms with Gasteiger partial charge in [-0.15, -0.1) is 10.2 Å². The van der Waals surface area contributed by atoms with Crippen LogP contribution in [0.3, 0.4) is 0 Å². The fraction of sp³-hybridized carbons (Fsp3) is 0.526. The largest absolute Gasteiger partial charge is 0.497 e. The number of piperidine rings is 1. The molecule has 25 heavy (non-hydrogen) atoms. The van der Waals surface area contributed by atoms with Gasteiger partial charge in [-0.25, -0.2) is 0 Å². The zero-order chi connectivity index (χ0) is 17.6. The van der Waals surface area contributed by atoms with E-state index in [1.54, 1.807) is 13.4 Å². The Hall–Kier alpha value is -2.37. The van der Waals surface area contributed by atoms with Gasteiger partial charge in [-0.1, -0.05) is 12.1 Å². The second-order valence-electron chi connectivity index (χ2n) is 6.61. The molecule has 1 aliphatic rings. The number of rotatable bonds is 6. The number of aryl methyl sites for hydroxylation is 1. The summed E-state index contributed by atoms with van der Waals surface area (Å²) >= 11 is 0. The number of amides is 1. The maximum atomic E-state index is 12.7. The summed E-state index contributed by atoms with van der Waals surface area (Å²) in [5.41, 5.74) is 0.997. The lowest BCUT2D eigenvalue weighted by Crippen LogP contribution is -2.41. The van der Waals surface area contributed by atoms with Gasteiger partial charge in [-0.3, -0.25) is 4.79 Å². The molecular formula is C19H26N4O2. The number of benzene rings is 1. The lowest BCUT2D eigenvalue weighted by molar-refractivity contribution is -0.132. The first-order valence-electron chi connectivity index (χ1n) is 8.97. The van der Waals surface area contributed by atoms with Crippen molar-refractivity contribution in [1.29, 1.82) is 0 Å². The van der Waals surface area contributed by atoms with Crippen LogP contribution in [0.5, 0.6) is 5.75 Å². The van der Waals surface area contributed by atoms with Crippen molar-refractivity contribution in [3.8, 4) is 5.75 Å². The fourth-order valence-corrected chi connectivity index (χ4v) is 3.49. The van der Waals surface area contributed by atoms with Gasteiger partial charge < -0.3 is 14.2 Å². The molecule has 2 heterocycles. The topological polar surface area (TPSA) is 60.2 Å². The molecule has 1 amide bonds. The summed E-state index contributed by atoms with van der Waals surface area (Å²) in [6.45, 7) is 4.63. The van der Waals surface area contributed by atoms with E-state index in [-0.39, 0.29) is 5.91 Å². The van der Waals surface area contributed by atoms with Crippen LogP contribution in [0.4, 0.5) is 0 Å². The molecule has 1 unspecified atom stereocenters. The standard InChI is InChI=1S/C19H26N4O2/c1-3-22-14-20-21-18(22)11-16-7-5-9-23(13-16)19(24)12-15-6-4-8-17(10-15)25-2/h4,6,8,10,14,16H,3,5,7,9,11-13H2,1-2H3. The number of hydrogen-bond acceptors (Lipinski definition) is 4. The van der Waals surface area contributed by atoms with Gasteiger partial charge in [0.1, 0.15) is 17.9 Å². The minimum Gasteiger partial charge on any atom is -0.497 e. The maximum Gasteiger partial charge on any atom is 0.227 e. The van der Waals surface area contributed by atoms with Gasteiger partial charge in [0.05, 0.1) is 13.5 Å². The monoisotopic (exact) mass is 342 g/mol. The predicted molar refractivity (Wildman–Crippen MR) is 95.4 cm³/mol. The van der Waals surface area contributed by atoms with Gasteiger partial charge >= 0.3 is 0 Å². The van der Waals surface area contributed by atoms with Gasteiger partial charge in [0.15, 0.2) is 0 Å². The third kappa shape index (κ3) is 4.38. The van der Waals surface area contributed by atoms with Gasteiger partial charge in [-0.2, -0.15) is 0 Å². The smallest absolute Gasteiger partial charge is 0.227 e. The van der Waals surface area contributed by atoms with Crippen molar-refractivity contribution in [1.82, 2.24) is 19.7 Å². The zero-order valence-corrected chi connectivity index (χ0v) is 15.0. The molecule has 0 spiro atoms. The Morgan fingerprint density at radius 1 is 1.40 bits per heavy atom. The van der Waals surface area contributed by atoms with E-state index in [0.29, 0.717) is 12.3 Å². The van der Waals surface area contributed by atoms with Crippen molar-refractivity contribution in [3.05, 3.63) is 42.0 Å². The van der Waals surface area contributed by atoms with Crippen LogP contribution in [0.15, 0.2) is 30.6 Å². The van der Waals surface area contributed by atoms with Crippen molar-refractivity contribution in [2.75, 3.05) is 20.2 Å². The summed E-state index contributed by atoms with van der Waals surface area (Å²) < 4.78 is 7.32. The lowest BCUT2D eigenvalue weighted by Gasteiger charge is -2.32. The molecule has 0 bridgehead atoms. The minimum atomic E-state index is 0.190. The van der Waals surface area contributed by atoms with Crippen molar-refractivity contribution < 1.29 is 9.53 Å². The average Bonchev–Trinajstić information content (AvgIpc) is 3.09. The van der Waals surface area contributed by atoms with E-state index >= 15 is 0 Å². The minimum absolute atomic E-state index is 0.190. The summed E-state index contributed by atoms with van der Waals surface area (Å²) in [4.78, 5) is 14.7. The second kappa shape index (κ2) is 8.14. The highest BCUT2D eigenvalue weighted by Crippen LogP contribution is 2.21. The number of ether oxygens (including phenoxy) is 1. The molecule has 0 N–H and O–H groups in total. The lowest BCUT2D eigenvalue weighted by atomic mass is 9.94. The molecular weight excluding hydrogens is 316 g/mol. The molecule has 1 fully saturated rings. The van der Waals surface area contributed by atoms with Crippen LogP contribution >= 0.6 is 0 Å². The molecule has 134 valence electrons. The SMILES string of the molecule is CCn1cnnc1CC1CCCN(C(=O)Cc2cccc(OC)c2)C1. The number of hydrogen-bond donors (Lipinski definition) is 0. The highest BCUT2D eigenvalue weighted by molar-refractivity contribution is 5.79. The zero-order valence-electron chi connectivity index (χ0n) is 15.0. The van der Waals surface area contributed by atoms with Crippen LogP contribution < -0.4 is 4.74 Å². The molecule has 3 rings (SSSR count). The highest BCUT2D eigenvalue weighted by Gasteiger charge is 2.25. The first-order valence-corrected chi connectivity index (χ1v) is 8.97. The van der Waals surface area contributed by atoms with Crippen LogP contribution in [-0.4, -0.2) is 45.8 Å². The van der Waals surface area contributed by atoms with E-state index in [0.717, 1.165) is 56.0 Å². The van der Waals surface area contributed by atoms with E-state index < -0.39 is 0 Å². The van der Waals surface area contributed by atoms with E-state index in [2.05, 4.69) is 21.7 Å². The molecule has 6 heteroatoms. The Bertz CT molecular complexity index is 713. The number of likely N-dealkylation sites (tertiary alicyclic amines) is 1. The molecule has 0 saturated carbocycles. The molecule has 0 radical (unpaired) electrons. The van der Waals surface area contributed by atoms with E-state index in [1.165, 1.54) is 0 Å². The third-order valence-electron chi connectivity index (χ3n) is 4.87. The molecule has 1 atom stereocenters. The van der Waals surface area contributed by atoms with Crippen LogP contribution in [0.2, 0.25) is 0 Å². The molecule has 2 aromatic rings. The van der Waals surface area contributed by atoms with Crippen molar-refractivity contribution >= 4 is 5.91 Å². The van der Waals surface area contributed by atoms with Crippen molar-refractivity contribution in [2.45, 2.75) is 39.2 Å². The van der Waals surface area contributed by atoms with Gasteiger partial charge in [-0.05, 0) is 43.4 Å². The van der Waals surface area contributed by atoms with Gasteiger partial charge in [0.25, 0.3) is 0 Å². The Morgan fingerprint density at radius 3 is 3.08 bits per heavy atom. The molecule has 1 aromatic heterocycles. The highest BCUT2D eigenvalue weighted by atomic mass is 16.5. The van der Waals surface area contributed by atoms with E-state index in [4.69, 9.17) is 4.74 Å². The number of methoxy groups -OCH3 is 1. The van der Waals surface area contributed by atoms with Crippen LogP contribution in [0, 0.1) is 5.92 Å². The molecule has 1 aliphatic heterocycles. The van der Waals surface area contributed by atoms with Crippen LogP contribution in [-0.2, 0) is 24.2 Å². The van der Waals surface area contributed by atoms with Gasteiger partial charge in [0, 0.05) is 26.1 Å². The quantitative estimate of drug-likeness (QED) is 0.808.